The number of benzene rings is 2. The molecule has 5 heteroatoms. The molecule has 4 nitrogen and oxygen atoms in total. The molecule has 100 valence electrons. The number of esters is 1. The summed E-state index contributed by atoms with van der Waals surface area (Å²) in [5, 5.41) is 0.661. The number of carbonyl (C=O) groups is 1. The number of carbonyl (C=O) groups excluding carboxylic acids is 1. The van der Waals surface area contributed by atoms with Crippen molar-refractivity contribution in [3.8, 4) is 11.4 Å². The first-order chi connectivity index (χ1) is 9.67. The van der Waals surface area contributed by atoms with Crippen molar-refractivity contribution in [3.05, 3.63) is 53.1 Å². The summed E-state index contributed by atoms with van der Waals surface area (Å²) in [5.74, 6) is 0.381. The average Bonchev–Trinajstić information content (AvgIpc) is 2.89. The van der Waals surface area contributed by atoms with Crippen LogP contribution < -0.4 is 0 Å². The van der Waals surface area contributed by atoms with Gasteiger partial charge in [0.25, 0.3) is 0 Å². The Kier molecular flexibility index (Phi) is 3.16. The van der Waals surface area contributed by atoms with Crippen LogP contribution in [0.2, 0.25) is 5.02 Å². The van der Waals surface area contributed by atoms with Gasteiger partial charge in [-0.2, -0.15) is 0 Å². The maximum atomic E-state index is 11.4. The number of nitrogens with zero attached hydrogens (tertiary/aromatic N) is 1. The van der Waals surface area contributed by atoms with Gasteiger partial charge in [-0.25, -0.2) is 9.78 Å². The van der Waals surface area contributed by atoms with Gasteiger partial charge >= 0.3 is 5.97 Å². The maximum Gasteiger partial charge on any atom is 0.337 e. The van der Waals surface area contributed by atoms with Crippen LogP contribution in [0.3, 0.4) is 0 Å². The van der Waals surface area contributed by atoms with Crippen LogP contribution in [0.5, 0.6) is 0 Å². The fourth-order valence-electron chi connectivity index (χ4n) is 2.00. The maximum absolute atomic E-state index is 11.4. The van der Waals surface area contributed by atoms with Crippen LogP contribution in [0.4, 0.5) is 0 Å². The van der Waals surface area contributed by atoms with Crippen molar-refractivity contribution in [2.75, 3.05) is 7.11 Å². The average molecular weight is 287 g/mol. The van der Waals surface area contributed by atoms with E-state index in [2.05, 4.69) is 14.7 Å². The molecule has 0 bridgehead atoms. The molecule has 3 rings (SSSR count). The van der Waals surface area contributed by atoms with Crippen LogP contribution in [0.1, 0.15) is 10.4 Å². The van der Waals surface area contributed by atoms with E-state index < -0.39 is 0 Å². The monoisotopic (exact) mass is 286 g/mol. The molecule has 0 aliphatic carbocycles. The van der Waals surface area contributed by atoms with Crippen molar-refractivity contribution in [2.45, 2.75) is 0 Å². The molecule has 0 aliphatic rings. The van der Waals surface area contributed by atoms with Gasteiger partial charge in [-0.05, 0) is 30.3 Å². The number of halogens is 1. The lowest BCUT2D eigenvalue weighted by Gasteiger charge is -2.00. The van der Waals surface area contributed by atoms with E-state index in [1.807, 2.05) is 24.3 Å². The molecule has 1 heterocycles. The highest BCUT2D eigenvalue weighted by molar-refractivity contribution is 6.31. The molecular formula is C15H11ClN2O2. The second-order valence-corrected chi connectivity index (χ2v) is 4.75. The van der Waals surface area contributed by atoms with Gasteiger partial charge in [0.05, 0.1) is 23.7 Å². The molecule has 1 N–H and O–H groups in total. The van der Waals surface area contributed by atoms with Gasteiger partial charge in [-0.1, -0.05) is 23.7 Å². The first kappa shape index (κ1) is 12.7. The zero-order chi connectivity index (χ0) is 14.1. The molecule has 0 aliphatic heterocycles. The highest BCUT2D eigenvalue weighted by Gasteiger charge is 2.08. The Hall–Kier alpha value is -2.33. The van der Waals surface area contributed by atoms with Gasteiger partial charge in [0.2, 0.25) is 0 Å². The molecule has 3 aromatic rings. The highest BCUT2D eigenvalue weighted by Crippen LogP contribution is 2.23. The van der Waals surface area contributed by atoms with Crippen LogP contribution >= 0.6 is 11.6 Å². The number of imidazole rings is 1. The van der Waals surface area contributed by atoms with Gasteiger partial charge in [0.1, 0.15) is 5.82 Å². The van der Waals surface area contributed by atoms with E-state index in [0.717, 1.165) is 22.4 Å². The molecule has 0 atom stereocenters. The largest absolute Gasteiger partial charge is 0.465 e. The number of ether oxygens (including phenoxy) is 1. The quantitative estimate of drug-likeness (QED) is 0.731. The zero-order valence-corrected chi connectivity index (χ0v) is 11.4. The third-order valence-electron chi connectivity index (χ3n) is 3.02. The first-order valence-electron chi connectivity index (χ1n) is 6.01. The van der Waals surface area contributed by atoms with Crippen molar-refractivity contribution >= 4 is 28.6 Å². The number of fused-ring (bicyclic) bond motifs is 1. The number of hydrogen-bond acceptors (Lipinski definition) is 3. The summed E-state index contributed by atoms with van der Waals surface area (Å²) in [7, 11) is 1.36. The molecule has 0 saturated heterocycles. The molecule has 0 radical (unpaired) electrons. The number of aromatic nitrogens is 2. The molecule has 1 aromatic heterocycles. The van der Waals surface area contributed by atoms with Gasteiger partial charge in [-0.15, -0.1) is 0 Å². The van der Waals surface area contributed by atoms with Gasteiger partial charge in [0.15, 0.2) is 0 Å². The number of methoxy groups -OCH3 is 1. The second kappa shape index (κ2) is 4.98. The molecule has 0 unspecified atom stereocenters. The minimum Gasteiger partial charge on any atom is -0.465 e. The van der Waals surface area contributed by atoms with E-state index >= 15 is 0 Å². The Morgan fingerprint density at radius 3 is 2.65 bits per heavy atom. The van der Waals surface area contributed by atoms with Crippen molar-refractivity contribution < 1.29 is 9.53 Å². The summed E-state index contributed by atoms with van der Waals surface area (Å²) in [6.45, 7) is 0. The molecular weight excluding hydrogens is 276 g/mol. The van der Waals surface area contributed by atoms with Crippen LogP contribution in [-0.2, 0) is 4.74 Å². The molecule has 0 spiro atoms. The molecule has 0 fully saturated rings. The van der Waals surface area contributed by atoms with Crippen molar-refractivity contribution in [1.29, 1.82) is 0 Å². The van der Waals surface area contributed by atoms with Crippen molar-refractivity contribution in [2.24, 2.45) is 0 Å². The normalized spacial score (nSPS) is 10.7. The summed E-state index contributed by atoms with van der Waals surface area (Å²) in [6.07, 6.45) is 0. The smallest absolute Gasteiger partial charge is 0.337 e. The summed E-state index contributed by atoms with van der Waals surface area (Å²) in [6, 6.07) is 12.6. The topological polar surface area (TPSA) is 55.0 Å². The van der Waals surface area contributed by atoms with Crippen LogP contribution in [0.15, 0.2) is 42.5 Å². The molecule has 0 amide bonds. The lowest BCUT2D eigenvalue weighted by Crippen LogP contribution is -2.00. The Bertz CT molecular complexity index is 778. The van der Waals surface area contributed by atoms with E-state index in [9.17, 15) is 4.79 Å². The fourth-order valence-corrected chi connectivity index (χ4v) is 2.17. The standard InChI is InChI=1S/C15H11ClN2O2/c1-20-15(19)10-4-2-9(3-5-10)14-17-12-7-6-11(16)8-13(12)18-14/h2-8H,1H3,(H,17,18). The predicted molar refractivity (Wildman–Crippen MR) is 77.9 cm³/mol. The van der Waals surface area contributed by atoms with Crippen LogP contribution in [-0.4, -0.2) is 23.0 Å². The third kappa shape index (κ3) is 2.26. The number of rotatable bonds is 2. The van der Waals surface area contributed by atoms with Gasteiger partial charge < -0.3 is 9.72 Å². The summed E-state index contributed by atoms with van der Waals surface area (Å²) in [4.78, 5) is 19.1. The predicted octanol–water partition coefficient (Wildman–Crippen LogP) is 3.67. The summed E-state index contributed by atoms with van der Waals surface area (Å²) in [5.41, 5.74) is 3.13. The van der Waals surface area contributed by atoms with E-state index in [1.54, 1.807) is 18.2 Å². The van der Waals surface area contributed by atoms with Crippen molar-refractivity contribution in [3.63, 3.8) is 0 Å². The SMILES string of the molecule is COC(=O)c1ccc(-c2nc3ccc(Cl)cc3[nH]2)cc1. The Labute approximate surface area is 120 Å². The third-order valence-corrected chi connectivity index (χ3v) is 3.26. The fraction of sp³-hybridized carbons (Fsp3) is 0.0667. The molecule has 20 heavy (non-hydrogen) atoms. The van der Waals surface area contributed by atoms with Gasteiger partial charge in [0, 0.05) is 10.6 Å². The van der Waals surface area contributed by atoms with E-state index in [1.165, 1.54) is 7.11 Å². The number of hydrogen-bond donors (Lipinski definition) is 1. The van der Waals surface area contributed by atoms with E-state index in [0.29, 0.717) is 10.6 Å². The minimum absolute atomic E-state index is 0.354. The Morgan fingerprint density at radius 2 is 1.95 bits per heavy atom. The zero-order valence-electron chi connectivity index (χ0n) is 10.7. The molecule has 0 saturated carbocycles. The summed E-state index contributed by atoms with van der Waals surface area (Å²) < 4.78 is 4.67. The first-order valence-corrected chi connectivity index (χ1v) is 6.39. The Morgan fingerprint density at radius 1 is 1.20 bits per heavy atom. The highest BCUT2D eigenvalue weighted by atomic mass is 35.5. The second-order valence-electron chi connectivity index (χ2n) is 4.32. The Balaban J connectivity index is 2.00. The molecule has 2 aromatic carbocycles. The van der Waals surface area contributed by atoms with Crippen molar-refractivity contribution in [1.82, 2.24) is 9.97 Å². The van der Waals surface area contributed by atoms with Gasteiger partial charge in [-0.3, -0.25) is 0 Å². The minimum atomic E-state index is -0.354. The number of aromatic amines is 1. The number of nitrogens with one attached hydrogen (secondary N) is 1. The number of H-pyrrole nitrogens is 1. The van der Waals surface area contributed by atoms with Crippen LogP contribution in [0, 0.1) is 0 Å². The summed E-state index contributed by atoms with van der Waals surface area (Å²) >= 11 is 5.95. The van der Waals surface area contributed by atoms with E-state index in [-0.39, 0.29) is 5.97 Å². The lowest BCUT2D eigenvalue weighted by atomic mass is 10.1. The van der Waals surface area contributed by atoms with E-state index in [4.69, 9.17) is 11.6 Å². The van der Waals surface area contributed by atoms with Crippen LogP contribution in [0.25, 0.3) is 22.4 Å². The lowest BCUT2D eigenvalue weighted by molar-refractivity contribution is 0.0601.